The van der Waals surface area contributed by atoms with Crippen LogP contribution >= 0.6 is 11.6 Å². The predicted octanol–water partition coefficient (Wildman–Crippen LogP) is 2.10. The quantitative estimate of drug-likeness (QED) is 0.618. The Kier molecular flexibility index (Phi) is 4.12. The van der Waals surface area contributed by atoms with E-state index >= 15 is 0 Å². The van der Waals surface area contributed by atoms with Gasteiger partial charge in [0.2, 0.25) is 0 Å². The molecule has 0 aromatic carbocycles. The SMILES string of the molecule is CC(Cl)=N/C=C(\N)C(C)C. The van der Waals surface area contributed by atoms with Gasteiger partial charge in [0, 0.05) is 11.9 Å². The van der Waals surface area contributed by atoms with Crippen molar-refractivity contribution >= 4 is 16.8 Å². The second-order valence-electron chi connectivity index (χ2n) is 2.41. The van der Waals surface area contributed by atoms with E-state index in [-0.39, 0.29) is 0 Å². The molecular weight excluding hydrogens is 148 g/mol. The Morgan fingerprint density at radius 1 is 1.60 bits per heavy atom. The van der Waals surface area contributed by atoms with Gasteiger partial charge >= 0.3 is 0 Å². The molecule has 0 aliphatic carbocycles. The summed E-state index contributed by atoms with van der Waals surface area (Å²) in [5.41, 5.74) is 6.31. The van der Waals surface area contributed by atoms with E-state index in [4.69, 9.17) is 17.3 Å². The number of nitrogens with two attached hydrogens (primary N) is 1. The molecule has 0 atom stereocenters. The van der Waals surface area contributed by atoms with E-state index in [9.17, 15) is 0 Å². The monoisotopic (exact) mass is 160 g/mol. The summed E-state index contributed by atoms with van der Waals surface area (Å²) in [6.45, 7) is 5.72. The van der Waals surface area contributed by atoms with Crippen LogP contribution in [0.15, 0.2) is 16.9 Å². The minimum atomic E-state index is 0.333. The average Bonchev–Trinajstić information content (AvgIpc) is 1.82. The first-order valence-electron chi connectivity index (χ1n) is 3.19. The van der Waals surface area contributed by atoms with E-state index in [1.807, 2.05) is 13.8 Å². The van der Waals surface area contributed by atoms with Crippen LogP contribution in [-0.2, 0) is 0 Å². The normalized spacial score (nSPS) is 14.5. The van der Waals surface area contributed by atoms with Crippen LogP contribution in [0.5, 0.6) is 0 Å². The second-order valence-corrected chi connectivity index (χ2v) is 2.96. The van der Waals surface area contributed by atoms with Crippen molar-refractivity contribution in [2.75, 3.05) is 0 Å². The average molecular weight is 161 g/mol. The molecule has 0 saturated carbocycles. The van der Waals surface area contributed by atoms with E-state index in [1.165, 1.54) is 0 Å². The second kappa shape index (κ2) is 4.34. The third-order valence-corrected chi connectivity index (χ3v) is 1.16. The van der Waals surface area contributed by atoms with E-state index < -0.39 is 0 Å². The van der Waals surface area contributed by atoms with Crippen molar-refractivity contribution in [3.05, 3.63) is 11.9 Å². The Morgan fingerprint density at radius 2 is 2.10 bits per heavy atom. The summed E-state index contributed by atoms with van der Waals surface area (Å²) in [4.78, 5) is 3.84. The van der Waals surface area contributed by atoms with E-state index in [0.717, 1.165) is 5.70 Å². The fourth-order valence-corrected chi connectivity index (χ4v) is 0.361. The minimum Gasteiger partial charge on any atom is -0.401 e. The highest BCUT2D eigenvalue weighted by molar-refractivity contribution is 6.64. The van der Waals surface area contributed by atoms with Crippen molar-refractivity contribution in [1.82, 2.24) is 0 Å². The molecule has 0 rings (SSSR count). The number of hydrogen-bond acceptors (Lipinski definition) is 2. The van der Waals surface area contributed by atoms with E-state index in [0.29, 0.717) is 11.1 Å². The summed E-state index contributed by atoms with van der Waals surface area (Å²) in [6, 6.07) is 0. The van der Waals surface area contributed by atoms with Gasteiger partial charge in [-0.05, 0) is 12.8 Å². The third-order valence-electron chi connectivity index (χ3n) is 1.06. The van der Waals surface area contributed by atoms with Crippen molar-refractivity contribution in [1.29, 1.82) is 0 Å². The lowest BCUT2D eigenvalue weighted by Gasteiger charge is -2.01. The van der Waals surface area contributed by atoms with Gasteiger partial charge in [-0.3, -0.25) is 0 Å². The lowest BCUT2D eigenvalue weighted by Crippen LogP contribution is -2.03. The highest BCUT2D eigenvalue weighted by Crippen LogP contribution is 2.01. The first-order valence-corrected chi connectivity index (χ1v) is 3.57. The molecule has 0 amide bonds. The van der Waals surface area contributed by atoms with Crippen LogP contribution in [0.25, 0.3) is 0 Å². The Labute approximate surface area is 66.8 Å². The van der Waals surface area contributed by atoms with E-state index in [1.54, 1.807) is 13.1 Å². The molecule has 0 saturated heterocycles. The Hall–Kier alpha value is -0.500. The van der Waals surface area contributed by atoms with Crippen molar-refractivity contribution < 1.29 is 0 Å². The Morgan fingerprint density at radius 3 is 2.40 bits per heavy atom. The van der Waals surface area contributed by atoms with Gasteiger partial charge in [0.25, 0.3) is 0 Å². The molecule has 0 spiro atoms. The van der Waals surface area contributed by atoms with Gasteiger partial charge in [-0.1, -0.05) is 25.4 Å². The summed E-state index contributed by atoms with van der Waals surface area (Å²) >= 11 is 5.48. The van der Waals surface area contributed by atoms with Gasteiger partial charge < -0.3 is 5.73 Å². The van der Waals surface area contributed by atoms with Crippen LogP contribution < -0.4 is 5.73 Å². The first-order chi connectivity index (χ1) is 4.54. The van der Waals surface area contributed by atoms with Gasteiger partial charge in [-0.2, -0.15) is 0 Å². The molecule has 58 valence electrons. The van der Waals surface area contributed by atoms with Gasteiger partial charge in [-0.25, -0.2) is 4.99 Å². The zero-order chi connectivity index (χ0) is 8.15. The summed E-state index contributed by atoms with van der Waals surface area (Å²) in [5.74, 6) is 0.333. The molecule has 0 aliphatic rings. The number of halogens is 1. The highest BCUT2D eigenvalue weighted by atomic mass is 35.5. The van der Waals surface area contributed by atoms with Gasteiger partial charge in [-0.15, -0.1) is 0 Å². The van der Waals surface area contributed by atoms with Crippen molar-refractivity contribution in [2.45, 2.75) is 20.8 Å². The molecule has 0 heterocycles. The first kappa shape index (κ1) is 9.50. The number of allylic oxidation sites excluding steroid dienone is 1. The molecule has 0 aromatic rings. The maximum atomic E-state index is 5.56. The molecule has 0 radical (unpaired) electrons. The van der Waals surface area contributed by atoms with Crippen LogP contribution in [0.4, 0.5) is 0 Å². The molecule has 0 unspecified atom stereocenters. The molecular formula is C7H13ClN2. The fraction of sp³-hybridized carbons (Fsp3) is 0.571. The van der Waals surface area contributed by atoms with E-state index in [2.05, 4.69) is 4.99 Å². The maximum absolute atomic E-state index is 5.56. The zero-order valence-corrected chi connectivity index (χ0v) is 7.31. The molecule has 0 aromatic heterocycles. The lowest BCUT2D eigenvalue weighted by atomic mass is 10.2. The topological polar surface area (TPSA) is 38.4 Å². The molecule has 10 heavy (non-hydrogen) atoms. The van der Waals surface area contributed by atoms with Gasteiger partial charge in [0.1, 0.15) is 5.17 Å². The largest absolute Gasteiger partial charge is 0.401 e. The molecule has 2 N–H and O–H groups in total. The smallest absolute Gasteiger partial charge is 0.103 e. The number of nitrogens with zero attached hydrogens (tertiary/aromatic N) is 1. The van der Waals surface area contributed by atoms with Crippen molar-refractivity contribution in [3.63, 3.8) is 0 Å². The molecule has 0 bridgehead atoms. The maximum Gasteiger partial charge on any atom is 0.103 e. The van der Waals surface area contributed by atoms with Crippen LogP contribution in [0, 0.1) is 5.92 Å². The molecule has 0 aliphatic heterocycles. The number of aliphatic imine (C=N–C) groups is 1. The molecule has 2 nitrogen and oxygen atoms in total. The zero-order valence-electron chi connectivity index (χ0n) is 6.56. The van der Waals surface area contributed by atoms with Crippen LogP contribution in [-0.4, -0.2) is 5.17 Å². The lowest BCUT2D eigenvalue weighted by molar-refractivity contribution is 0.754. The van der Waals surface area contributed by atoms with Crippen molar-refractivity contribution in [3.8, 4) is 0 Å². The van der Waals surface area contributed by atoms with Crippen molar-refractivity contribution in [2.24, 2.45) is 16.6 Å². The van der Waals surface area contributed by atoms with Gasteiger partial charge in [0.05, 0.1) is 0 Å². The Balaban J connectivity index is 4.05. The molecule has 0 fully saturated rings. The number of hydrogen-bond donors (Lipinski definition) is 1. The van der Waals surface area contributed by atoms with Crippen LogP contribution in [0.1, 0.15) is 20.8 Å². The number of rotatable bonds is 2. The summed E-state index contributed by atoms with van der Waals surface area (Å²) < 4.78 is 0. The summed E-state index contributed by atoms with van der Waals surface area (Å²) in [5, 5.41) is 0.503. The molecule has 3 heteroatoms. The minimum absolute atomic E-state index is 0.333. The summed E-state index contributed by atoms with van der Waals surface area (Å²) in [7, 11) is 0. The van der Waals surface area contributed by atoms with Gasteiger partial charge in [0.15, 0.2) is 0 Å². The summed E-state index contributed by atoms with van der Waals surface area (Å²) in [6.07, 6.45) is 1.59. The Bertz CT molecular complexity index is 155. The highest BCUT2D eigenvalue weighted by Gasteiger charge is 1.94. The predicted molar refractivity (Wildman–Crippen MR) is 46.1 cm³/mol. The van der Waals surface area contributed by atoms with Crippen LogP contribution in [0.3, 0.4) is 0 Å². The van der Waals surface area contributed by atoms with Crippen LogP contribution in [0.2, 0.25) is 0 Å². The third kappa shape index (κ3) is 4.39. The fourth-order valence-electron chi connectivity index (χ4n) is 0.313. The standard InChI is InChI=1S/C7H13ClN2/c1-5(2)7(9)4-10-6(3)8/h4-5H,9H2,1-3H3/b7-4-,10-6?.